The molecule has 19 heavy (non-hydrogen) atoms. The minimum Gasteiger partial charge on any atom is -0.453 e. The number of benzene rings is 1. The SMILES string of the molecule is Cc1ccc(C(=O)COC(=O)c2snnc2C)cc1. The Morgan fingerprint density at radius 2 is 1.89 bits per heavy atom. The van der Waals surface area contributed by atoms with Crippen molar-refractivity contribution in [2.75, 3.05) is 6.61 Å². The van der Waals surface area contributed by atoms with Crippen molar-refractivity contribution in [2.24, 2.45) is 0 Å². The molecule has 0 radical (unpaired) electrons. The van der Waals surface area contributed by atoms with Gasteiger partial charge in [-0.1, -0.05) is 34.3 Å². The van der Waals surface area contributed by atoms with Gasteiger partial charge in [-0.15, -0.1) is 5.10 Å². The predicted molar refractivity (Wildman–Crippen MR) is 70.4 cm³/mol. The molecule has 0 unspecified atom stereocenters. The molecule has 0 amide bonds. The van der Waals surface area contributed by atoms with Gasteiger partial charge in [0.05, 0.1) is 5.69 Å². The molecule has 6 heteroatoms. The Labute approximate surface area is 114 Å². The van der Waals surface area contributed by atoms with E-state index < -0.39 is 5.97 Å². The van der Waals surface area contributed by atoms with Crippen LogP contribution < -0.4 is 0 Å². The van der Waals surface area contributed by atoms with Crippen molar-refractivity contribution in [2.45, 2.75) is 13.8 Å². The average molecular weight is 276 g/mol. The fourth-order valence-corrected chi connectivity index (χ4v) is 1.99. The maximum absolute atomic E-state index is 11.8. The van der Waals surface area contributed by atoms with Crippen LogP contribution in [0.3, 0.4) is 0 Å². The van der Waals surface area contributed by atoms with Crippen molar-refractivity contribution in [3.05, 3.63) is 46.0 Å². The topological polar surface area (TPSA) is 69.2 Å². The second-order valence-corrected chi connectivity index (χ2v) is 4.81. The summed E-state index contributed by atoms with van der Waals surface area (Å²) in [6, 6.07) is 7.11. The zero-order valence-electron chi connectivity index (χ0n) is 10.5. The maximum atomic E-state index is 11.8. The summed E-state index contributed by atoms with van der Waals surface area (Å²) in [6.45, 7) is 3.33. The largest absolute Gasteiger partial charge is 0.453 e. The smallest absolute Gasteiger partial charge is 0.352 e. The molecule has 0 aliphatic rings. The number of Topliss-reactive ketones (excluding diaryl/α,β-unsaturated/α-hetero) is 1. The quantitative estimate of drug-likeness (QED) is 0.632. The van der Waals surface area contributed by atoms with Crippen LogP contribution in [-0.2, 0) is 4.74 Å². The van der Waals surface area contributed by atoms with Crippen molar-refractivity contribution in [1.29, 1.82) is 0 Å². The Balaban J connectivity index is 1.96. The van der Waals surface area contributed by atoms with Crippen molar-refractivity contribution in [3.63, 3.8) is 0 Å². The van der Waals surface area contributed by atoms with Crippen LogP contribution in [0.15, 0.2) is 24.3 Å². The third-order valence-electron chi connectivity index (χ3n) is 2.54. The number of rotatable bonds is 4. The lowest BCUT2D eigenvalue weighted by Gasteiger charge is -2.03. The van der Waals surface area contributed by atoms with Crippen LogP contribution in [0.4, 0.5) is 0 Å². The van der Waals surface area contributed by atoms with Gasteiger partial charge < -0.3 is 4.74 Å². The molecule has 0 saturated carbocycles. The number of ether oxygens (including phenoxy) is 1. The van der Waals surface area contributed by atoms with Gasteiger partial charge in [0.25, 0.3) is 0 Å². The number of carbonyl (C=O) groups is 2. The van der Waals surface area contributed by atoms with Crippen molar-refractivity contribution >= 4 is 23.3 Å². The summed E-state index contributed by atoms with van der Waals surface area (Å²) in [5, 5.41) is 3.72. The third-order valence-corrected chi connectivity index (χ3v) is 3.35. The first kappa shape index (κ1) is 13.4. The van der Waals surface area contributed by atoms with Gasteiger partial charge in [-0.3, -0.25) is 4.79 Å². The summed E-state index contributed by atoms with van der Waals surface area (Å²) in [4.78, 5) is 23.8. The molecule has 1 heterocycles. The fourth-order valence-electron chi connectivity index (χ4n) is 1.44. The Kier molecular flexibility index (Phi) is 4.01. The summed E-state index contributed by atoms with van der Waals surface area (Å²) in [7, 11) is 0. The van der Waals surface area contributed by atoms with E-state index in [-0.39, 0.29) is 12.4 Å². The lowest BCUT2D eigenvalue weighted by Crippen LogP contribution is -2.14. The molecule has 0 bridgehead atoms. The normalized spacial score (nSPS) is 10.2. The van der Waals surface area contributed by atoms with Gasteiger partial charge >= 0.3 is 5.97 Å². The van der Waals surface area contributed by atoms with Crippen molar-refractivity contribution in [1.82, 2.24) is 9.59 Å². The molecule has 0 fully saturated rings. The van der Waals surface area contributed by atoms with Crippen molar-refractivity contribution < 1.29 is 14.3 Å². The van der Waals surface area contributed by atoms with Crippen LogP contribution in [0.1, 0.15) is 31.3 Å². The number of hydrogen-bond acceptors (Lipinski definition) is 6. The molecule has 1 aromatic carbocycles. The van der Waals surface area contributed by atoms with E-state index in [0.29, 0.717) is 16.1 Å². The summed E-state index contributed by atoms with van der Waals surface area (Å²) < 4.78 is 8.60. The number of carbonyl (C=O) groups excluding carboxylic acids is 2. The lowest BCUT2D eigenvalue weighted by atomic mass is 10.1. The van der Waals surface area contributed by atoms with Gasteiger partial charge in [0.2, 0.25) is 0 Å². The highest BCUT2D eigenvalue weighted by Gasteiger charge is 2.16. The molecular weight excluding hydrogens is 264 g/mol. The second-order valence-electron chi connectivity index (χ2n) is 4.05. The predicted octanol–water partition coefficient (Wildman–Crippen LogP) is 2.19. The van der Waals surface area contributed by atoms with Crippen molar-refractivity contribution in [3.8, 4) is 0 Å². The number of aromatic nitrogens is 2. The molecule has 0 N–H and O–H groups in total. The summed E-state index contributed by atoms with van der Waals surface area (Å²) in [5.74, 6) is -0.795. The van der Waals surface area contributed by atoms with Gasteiger partial charge in [-0.2, -0.15) is 0 Å². The first-order chi connectivity index (χ1) is 9.08. The second kappa shape index (κ2) is 5.71. The van der Waals surface area contributed by atoms with Gasteiger partial charge in [-0.25, -0.2) is 4.79 Å². The summed E-state index contributed by atoms with van der Waals surface area (Å²) in [5.41, 5.74) is 2.11. The van der Waals surface area contributed by atoms with Crippen LogP contribution in [-0.4, -0.2) is 27.9 Å². The van der Waals surface area contributed by atoms with Gasteiger partial charge in [0.15, 0.2) is 17.3 Å². The Bertz CT molecular complexity index is 605. The van der Waals surface area contributed by atoms with Gasteiger partial charge in [0, 0.05) is 5.56 Å². The van der Waals surface area contributed by atoms with Crippen LogP contribution in [0.2, 0.25) is 0 Å². The third kappa shape index (κ3) is 3.23. The summed E-state index contributed by atoms with van der Waals surface area (Å²) in [6.07, 6.45) is 0. The molecular formula is C13H12N2O3S. The van der Waals surface area contributed by atoms with E-state index in [2.05, 4.69) is 9.59 Å². The molecule has 5 nitrogen and oxygen atoms in total. The van der Waals surface area contributed by atoms with Crippen LogP contribution in [0.25, 0.3) is 0 Å². The average Bonchev–Trinajstić information content (AvgIpc) is 2.83. The molecule has 98 valence electrons. The van der Waals surface area contributed by atoms with Crippen LogP contribution >= 0.6 is 11.5 Å². The zero-order valence-corrected chi connectivity index (χ0v) is 11.4. The highest BCUT2D eigenvalue weighted by molar-refractivity contribution is 7.07. The highest BCUT2D eigenvalue weighted by Crippen LogP contribution is 2.11. The Hall–Kier alpha value is -2.08. The standard InChI is InChI=1S/C13H12N2O3S/c1-8-3-5-10(6-4-8)11(16)7-18-13(17)12-9(2)14-15-19-12/h3-6H,7H2,1-2H3. The number of nitrogens with zero attached hydrogens (tertiary/aromatic N) is 2. The van der Waals surface area contributed by atoms with Gasteiger partial charge in [-0.05, 0) is 25.4 Å². The first-order valence-corrected chi connectivity index (χ1v) is 6.41. The fraction of sp³-hybridized carbons (Fsp3) is 0.231. The lowest BCUT2D eigenvalue weighted by molar-refractivity contribution is 0.0478. The molecule has 0 atom stereocenters. The number of esters is 1. The molecule has 2 rings (SSSR count). The van der Waals surface area contributed by atoms with E-state index in [4.69, 9.17) is 4.74 Å². The number of ketones is 1. The molecule has 0 spiro atoms. The Morgan fingerprint density at radius 3 is 2.47 bits per heavy atom. The van der Waals surface area contributed by atoms with Crippen LogP contribution in [0, 0.1) is 13.8 Å². The van der Waals surface area contributed by atoms with E-state index in [1.54, 1.807) is 19.1 Å². The molecule has 0 aliphatic carbocycles. The number of aryl methyl sites for hydroxylation is 2. The van der Waals surface area contributed by atoms with Crippen LogP contribution in [0.5, 0.6) is 0 Å². The van der Waals surface area contributed by atoms with E-state index in [1.807, 2.05) is 19.1 Å². The molecule has 1 aromatic heterocycles. The monoisotopic (exact) mass is 276 g/mol. The maximum Gasteiger partial charge on any atom is 0.352 e. The van der Waals surface area contributed by atoms with E-state index in [9.17, 15) is 9.59 Å². The highest BCUT2D eigenvalue weighted by atomic mass is 32.1. The minimum atomic E-state index is -0.562. The first-order valence-electron chi connectivity index (χ1n) is 5.64. The zero-order chi connectivity index (χ0) is 13.8. The Morgan fingerprint density at radius 1 is 1.21 bits per heavy atom. The molecule has 2 aromatic rings. The summed E-state index contributed by atoms with van der Waals surface area (Å²) >= 11 is 0.960. The van der Waals surface area contributed by atoms with Gasteiger partial charge in [0.1, 0.15) is 0 Å². The number of hydrogen-bond donors (Lipinski definition) is 0. The van der Waals surface area contributed by atoms with E-state index in [1.165, 1.54) is 0 Å². The minimum absolute atomic E-state index is 0.233. The molecule has 0 saturated heterocycles. The van der Waals surface area contributed by atoms with E-state index in [0.717, 1.165) is 17.1 Å². The van der Waals surface area contributed by atoms with E-state index >= 15 is 0 Å². The molecule has 0 aliphatic heterocycles.